The van der Waals surface area contributed by atoms with E-state index in [1.54, 1.807) is 29.6 Å². The van der Waals surface area contributed by atoms with Crippen LogP contribution in [0.5, 0.6) is 0 Å². The van der Waals surface area contributed by atoms with Gasteiger partial charge >= 0.3 is 0 Å². The summed E-state index contributed by atoms with van der Waals surface area (Å²) in [6.45, 7) is 3.73. The summed E-state index contributed by atoms with van der Waals surface area (Å²) < 4.78 is 2.10. The number of hydrogen-bond acceptors (Lipinski definition) is 5. The minimum absolute atomic E-state index is 0.0432. The molecule has 1 amide bonds. The van der Waals surface area contributed by atoms with Gasteiger partial charge in [0.15, 0.2) is 5.69 Å². The molecule has 3 aromatic rings. The molecule has 2 heterocycles. The number of fused-ring (bicyclic) bond motifs is 1. The number of nitrogen functional groups attached to an aromatic ring is 1. The van der Waals surface area contributed by atoms with Crippen LogP contribution in [-0.4, -0.2) is 21.7 Å². The number of aromatic nitrogens is 2. The van der Waals surface area contributed by atoms with Crippen LogP contribution >= 0.6 is 27.3 Å². The molecule has 0 aliphatic carbocycles. The minimum atomic E-state index is -0.341. The quantitative estimate of drug-likeness (QED) is 0.699. The second-order valence-electron chi connectivity index (χ2n) is 5.56. The Kier molecular flexibility index (Phi) is 4.42. The van der Waals surface area contributed by atoms with Crippen molar-refractivity contribution in [1.29, 1.82) is 0 Å². The van der Waals surface area contributed by atoms with E-state index < -0.39 is 0 Å². The lowest BCUT2D eigenvalue weighted by Gasteiger charge is -2.11. The summed E-state index contributed by atoms with van der Waals surface area (Å²) in [5.74, 6) is -0.335. The molecule has 0 bridgehead atoms. The molecule has 0 fully saturated rings. The van der Waals surface area contributed by atoms with Crippen molar-refractivity contribution in [2.45, 2.75) is 19.9 Å². The van der Waals surface area contributed by atoms with Gasteiger partial charge in [-0.05, 0) is 38.1 Å². The van der Waals surface area contributed by atoms with Crippen molar-refractivity contribution in [2.24, 2.45) is 0 Å². The van der Waals surface area contributed by atoms with E-state index in [0.717, 1.165) is 4.47 Å². The van der Waals surface area contributed by atoms with E-state index in [4.69, 9.17) is 5.73 Å². The molecule has 0 aliphatic rings. The number of carbonyl (C=O) groups excluding carboxylic acids is 1. The summed E-state index contributed by atoms with van der Waals surface area (Å²) in [7, 11) is 0. The van der Waals surface area contributed by atoms with Gasteiger partial charge in [-0.15, -0.1) is 11.3 Å². The number of rotatable bonds is 3. The Morgan fingerprint density at radius 3 is 2.62 bits per heavy atom. The third-order valence-corrected chi connectivity index (χ3v) is 4.73. The molecule has 0 aliphatic heterocycles. The highest BCUT2D eigenvalue weighted by molar-refractivity contribution is 9.10. The van der Waals surface area contributed by atoms with E-state index in [1.165, 1.54) is 16.0 Å². The van der Waals surface area contributed by atoms with Crippen LogP contribution in [0.1, 0.15) is 24.3 Å². The molecular formula is C16H15BrN4O2S. The van der Waals surface area contributed by atoms with Crippen molar-refractivity contribution in [1.82, 2.24) is 15.1 Å². The molecule has 0 saturated heterocycles. The molecule has 8 heteroatoms. The molecule has 24 heavy (non-hydrogen) atoms. The number of nitrogens with two attached hydrogens (primary N) is 1. The third-order valence-electron chi connectivity index (χ3n) is 3.39. The smallest absolute Gasteiger partial charge is 0.282 e. The highest BCUT2D eigenvalue weighted by atomic mass is 79.9. The van der Waals surface area contributed by atoms with E-state index >= 15 is 0 Å². The topological polar surface area (TPSA) is 90.0 Å². The lowest BCUT2D eigenvalue weighted by molar-refractivity contribution is 0.0938. The van der Waals surface area contributed by atoms with Gasteiger partial charge in [0, 0.05) is 21.3 Å². The zero-order valence-electron chi connectivity index (χ0n) is 13.0. The number of carbonyl (C=O) groups is 1. The first-order valence-electron chi connectivity index (χ1n) is 7.25. The Morgan fingerprint density at radius 2 is 2.00 bits per heavy atom. The fraction of sp³-hybridized carbons (Fsp3) is 0.188. The average molecular weight is 407 g/mol. The molecule has 124 valence electrons. The number of hydrogen-bond donors (Lipinski definition) is 2. The first-order valence-corrected chi connectivity index (χ1v) is 8.92. The SMILES string of the molecule is CC(C)NC(=O)c1nn(-c2ccc(Br)cc2)c(=O)c2c(N)scc12. The highest BCUT2D eigenvalue weighted by Crippen LogP contribution is 2.27. The maximum absolute atomic E-state index is 12.8. The lowest BCUT2D eigenvalue weighted by Crippen LogP contribution is -2.33. The zero-order chi connectivity index (χ0) is 17.4. The molecular weight excluding hydrogens is 392 g/mol. The Balaban J connectivity index is 2.28. The van der Waals surface area contributed by atoms with Gasteiger partial charge < -0.3 is 11.1 Å². The van der Waals surface area contributed by atoms with Crippen molar-refractivity contribution in [3.8, 4) is 5.69 Å². The van der Waals surface area contributed by atoms with E-state index in [-0.39, 0.29) is 23.2 Å². The van der Waals surface area contributed by atoms with Crippen molar-refractivity contribution in [3.63, 3.8) is 0 Å². The van der Waals surface area contributed by atoms with E-state index in [1.807, 2.05) is 13.8 Å². The Bertz CT molecular complexity index is 976. The predicted molar refractivity (Wildman–Crippen MR) is 99.9 cm³/mol. The average Bonchev–Trinajstić information content (AvgIpc) is 2.90. The number of nitrogens with zero attached hydrogens (tertiary/aromatic N) is 2. The van der Waals surface area contributed by atoms with Crippen molar-refractivity contribution >= 4 is 48.9 Å². The summed E-state index contributed by atoms with van der Waals surface area (Å²) >= 11 is 4.58. The van der Waals surface area contributed by atoms with Crippen LogP contribution in [0.4, 0.5) is 5.00 Å². The number of nitrogens with one attached hydrogen (secondary N) is 1. The number of anilines is 1. The third kappa shape index (κ3) is 2.94. The monoisotopic (exact) mass is 406 g/mol. The molecule has 0 atom stereocenters. The molecule has 0 saturated carbocycles. The standard InChI is InChI=1S/C16H15BrN4O2S/c1-8(2)19-15(22)13-11-7-24-14(18)12(11)16(23)21(20-13)10-5-3-9(17)4-6-10/h3-8H,18H2,1-2H3,(H,19,22). The molecule has 3 rings (SSSR count). The molecule has 6 nitrogen and oxygen atoms in total. The Labute approximate surface area is 150 Å². The van der Waals surface area contributed by atoms with Gasteiger partial charge in [-0.2, -0.15) is 9.78 Å². The first kappa shape index (κ1) is 16.7. The second kappa shape index (κ2) is 6.37. The zero-order valence-corrected chi connectivity index (χ0v) is 15.4. The second-order valence-corrected chi connectivity index (χ2v) is 7.39. The summed E-state index contributed by atoms with van der Waals surface area (Å²) in [6.07, 6.45) is 0. The van der Waals surface area contributed by atoms with Gasteiger partial charge in [-0.3, -0.25) is 9.59 Å². The van der Waals surface area contributed by atoms with Crippen LogP contribution in [-0.2, 0) is 0 Å². The normalized spacial score (nSPS) is 11.2. The van der Waals surface area contributed by atoms with Crippen LogP contribution in [0.2, 0.25) is 0 Å². The molecule has 2 aromatic heterocycles. The van der Waals surface area contributed by atoms with Gasteiger partial charge in [-0.1, -0.05) is 15.9 Å². The lowest BCUT2D eigenvalue weighted by atomic mass is 10.2. The van der Waals surface area contributed by atoms with Crippen LogP contribution in [0.25, 0.3) is 16.5 Å². The summed E-state index contributed by atoms with van der Waals surface area (Å²) in [5, 5.41) is 9.98. The summed E-state index contributed by atoms with van der Waals surface area (Å²) in [5.41, 5.74) is 6.37. The summed E-state index contributed by atoms with van der Waals surface area (Å²) in [4.78, 5) is 25.3. The maximum atomic E-state index is 12.8. The van der Waals surface area contributed by atoms with Gasteiger partial charge in [0.1, 0.15) is 0 Å². The van der Waals surface area contributed by atoms with Gasteiger partial charge in [0.25, 0.3) is 11.5 Å². The van der Waals surface area contributed by atoms with Gasteiger partial charge in [-0.25, -0.2) is 0 Å². The van der Waals surface area contributed by atoms with Crippen molar-refractivity contribution in [3.05, 3.63) is 50.2 Å². The molecule has 0 spiro atoms. The van der Waals surface area contributed by atoms with Crippen molar-refractivity contribution < 1.29 is 4.79 Å². The van der Waals surface area contributed by atoms with E-state index in [0.29, 0.717) is 21.5 Å². The minimum Gasteiger partial charge on any atom is -0.390 e. The number of halogens is 1. The maximum Gasteiger partial charge on any atom is 0.282 e. The fourth-order valence-corrected chi connectivity index (χ4v) is 3.38. The number of amides is 1. The molecule has 0 radical (unpaired) electrons. The van der Waals surface area contributed by atoms with Gasteiger partial charge in [0.05, 0.1) is 16.1 Å². The van der Waals surface area contributed by atoms with Gasteiger partial charge in [0.2, 0.25) is 0 Å². The Morgan fingerprint density at radius 1 is 1.33 bits per heavy atom. The largest absolute Gasteiger partial charge is 0.390 e. The number of benzene rings is 1. The fourth-order valence-electron chi connectivity index (χ4n) is 2.33. The molecule has 1 aromatic carbocycles. The Hall–Kier alpha value is -2.19. The molecule has 3 N–H and O–H groups in total. The van der Waals surface area contributed by atoms with Crippen molar-refractivity contribution in [2.75, 3.05) is 5.73 Å². The summed E-state index contributed by atoms with van der Waals surface area (Å²) in [6, 6.07) is 7.06. The van der Waals surface area contributed by atoms with Crippen LogP contribution in [0.15, 0.2) is 38.9 Å². The van der Waals surface area contributed by atoms with Crippen LogP contribution in [0, 0.1) is 0 Å². The predicted octanol–water partition coefficient (Wildman–Crippen LogP) is 2.93. The van der Waals surface area contributed by atoms with E-state index in [2.05, 4.69) is 26.3 Å². The number of thiophene rings is 1. The van der Waals surface area contributed by atoms with Crippen LogP contribution in [0.3, 0.4) is 0 Å². The first-order chi connectivity index (χ1) is 11.4. The molecule has 0 unspecified atom stereocenters. The highest BCUT2D eigenvalue weighted by Gasteiger charge is 2.20. The van der Waals surface area contributed by atoms with Crippen LogP contribution < -0.4 is 16.6 Å². The van der Waals surface area contributed by atoms with E-state index in [9.17, 15) is 9.59 Å².